The van der Waals surface area contributed by atoms with E-state index in [2.05, 4.69) is 6.92 Å². The van der Waals surface area contributed by atoms with Crippen molar-refractivity contribution >= 4 is 23.3 Å². The topological polar surface area (TPSA) is 49.9 Å². The van der Waals surface area contributed by atoms with Gasteiger partial charge in [-0.15, -0.1) is 11.3 Å². The first-order valence-corrected chi connectivity index (χ1v) is 10.4. The van der Waals surface area contributed by atoms with E-state index in [4.69, 9.17) is 4.74 Å². The van der Waals surface area contributed by atoms with Gasteiger partial charge in [0.25, 0.3) is 0 Å². The van der Waals surface area contributed by atoms with Crippen molar-refractivity contribution in [2.24, 2.45) is 0 Å². The van der Waals surface area contributed by atoms with Gasteiger partial charge in [-0.2, -0.15) is 0 Å². The zero-order valence-corrected chi connectivity index (χ0v) is 16.2. The summed E-state index contributed by atoms with van der Waals surface area (Å²) in [6.45, 7) is 3.44. The molecular weight excluding hydrogens is 360 g/mol. The monoisotopic (exact) mass is 384 g/mol. The summed E-state index contributed by atoms with van der Waals surface area (Å²) in [5, 5.41) is 2.00. The number of hydrogen-bond acceptors (Lipinski definition) is 4. The molecule has 0 N–H and O–H groups in total. The molecule has 5 nitrogen and oxygen atoms in total. The molecule has 0 saturated carbocycles. The number of carbonyl (C=O) groups is 2. The van der Waals surface area contributed by atoms with Crippen molar-refractivity contribution in [3.05, 3.63) is 58.3 Å². The van der Waals surface area contributed by atoms with Crippen molar-refractivity contribution < 1.29 is 14.3 Å². The molecule has 3 heterocycles. The van der Waals surface area contributed by atoms with Gasteiger partial charge >= 0.3 is 6.09 Å². The fourth-order valence-electron chi connectivity index (χ4n) is 4.12. The van der Waals surface area contributed by atoms with Crippen LogP contribution in [-0.4, -0.2) is 47.0 Å². The summed E-state index contributed by atoms with van der Waals surface area (Å²) < 4.78 is 5.68. The van der Waals surface area contributed by atoms with Crippen LogP contribution in [0.2, 0.25) is 0 Å². The number of nitrogens with zero attached hydrogens (tertiary/aromatic N) is 2. The Bertz CT molecular complexity index is 785. The SMILES string of the molecule is C[C@H]1[C@@H](c2ccccc2)OC(=O)N1C1CCN(C(=O)Cc2cccs2)CC1. The predicted octanol–water partition coefficient (Wildman–Crippen LogP) is 3.86. The Hall–Kier alpha value is -2.34. The summed E-state index contributed by atoms with van der Waals surface area (Å²) >= 11 is 1.62. The van der Waals surface area contributed by atoms with Crippen LogP contribution in [0.5, 0.6) is 0 Å². The lowest BCUT2D eigenvalue weighted by molar-refractivity contribution is -0.131. The van der Waals surface area contributed by atoms with Gasteiger partial charge in [-0.3, -0.25) is 9.69 Å². The molecule has 0 radical (unpaired) electrons. The summed E-state index contributed by atoms with van der Waals surface area (Å²) in [6, 6.07) is 14.0. The minimum atomic E-state index is -0.236. The Balaban J connectivity index is 1.36. The standard InChI is InChI=1S/C21H24N2O3S/c1-15-20(16-6-3-2-4-7-16)26-21(25)23(15)17-9-11-22(12-10-17)19(24)14-18-8-5-13-27-18/h2-8,13,15,17,20H,9-12,14H2,1H3/t15-,20-/m0/s1. The van der Waals surface area contributed by atoms with Crippen LogP contribution in [0.25, 0.3) is 0 Å². The first-order chi connectivity index (χ1) is 13.1. The Morgan fingerprint density at radius 3 is 2.56 bits per heavy atom. The molecule has 0 bridgehead atoms. The molecule has 1 aromatic carbocycles. The van der Waals surface area contributed by atoms with Crippen LogP contribution >= 0.6 is 11.3 Å². The molecule has 0 spiro atoms. The van der Waals surface area contributed by atoms with E-state index in [0.717, 1.165) is 23.3 Å². The number of benzene rings is 1. The molecule has 1 aromatic heterocycles. The van der Waals surface area contributed by atoms with Gasteiger partial charge in [-0.05, 0) is 36.8 Å². The van der Waals surface area contributed by atoms with Crippen LogP contribution in [0.4, 0.5) is 4.79 Å². The summed E-state index contributed by atoms with van der Waals surface area (Å²) in [5.74, 6) is 0.176. The van der Waals surface area contributed by atoms with Gasteiger partial charge in [-0.25, -0.2) is 4.79 Å². The smallest absolute Gasteiger partial charge is 0.411 e. The van der Waals surface area contributed by atoms with Gasteiger partial charge in [0, 0.05) is 24.0 Å². The second-order valence-corrected chi connectivity index (χ2v) is 8.26. The Kier molecular flexibility index (Phi) is 5.16. The molecule has 2 atom stereocenters. The second kappa shape index (κ2) is 7.72. The van der Waals surface area contributed by atoms with Gasteiger partial charge < -0.3 is 9.64 Å². The van der Waals surface area contributed by atoms with Crippen molar-refractivity contribution in [1.29, 1.82) is 0 Å². The van der Waals surface area contributed by atoms with Gasteiger partial charge in [0.1, 0.15) is 6.10 Å². The third kappa shape index (κ3) is 3.72. The third-order valence-corrected chi connectivity index (χ3v) is 6.44. The van der Waals surface area contributed by atoms with E-state index in [1.807, 2.05) is 57.6 Å². The average Bonchev–Trinajstić information content (AvgIpc) is 3.30. The number of likely N-dealkylation sites (tertiary alicyclic amines) is 1. The third-order valence-electron chi connectivity index (χ3n) is 5.56. The van der Waals surface area contributed by atoms with Crippen molar-refractivity contribution in [2.75, 3.05) is 13.1 Å². The number of rotatable bonds is 4. The number of hydrogen-bond donors (Lipinski definition) is 0. The number of amides is 2. The summed E-state index contributed by atoms with van der Waals surface area (Å²) in [6.07, 6.45) is 1.62. The average molecular weight is 385 g/mol. The number of cyclic esters (lactones) is 1. The highest BCUT2D eigenvalue weighted by Crippen LogP contribution is 2.35. The second-order valence-electron chi connectivity index (χ2n) is 7.23. The molecular formula is C21H24N2O3S. The number of piperidine rings is 1. The summed E-state index contributed by atoms with van der Waals surface area (Å²) in [4.78, 5) is 29.9. The molecule has 0 unspecified atom stereocenters. The van der Waals surface area contributed by atoms with Gasteiger partial charge in [0.15, 0.2) is 0 Å². The van der Waals surface area contributed by atoms with E-state index in [9.17, 15) is 9.59 Å². The molecule has 2 saturated heterocycles. The maximum Gasteiger partial charge on any atom is 0.411 e. The van der Waals surface area contributed by atoms with E-state index in [0.29, 0.717) is 19.5 Å². The van der Waals surface area contributed by atoms with Gasteiger partial charge in [0.2, 0.25) is 5.91 Å². The lowest BCUT2D eigenvalue weighted by Crippen LogP contribution is -2.49. The highest BCUT2D eigenvalue weighted by atomic mass is 32.1. The molecule has 6 heteroatoms. The maximum atomic E-state index is 12.5. The van der Waals surface area contributed by atoms with E-state index in [1.54, 1.807) is 11.3 Å². The molecule has 142 valence electrons. The Morgan fingerprint density at radius 1 is 1.15 bits per heavy atom. The first-order valence-electron chi connectivity index (χ1n) is 9.47. The fourth-order valence-corrected chi connectivity index (χ4v) is 4.81. The van der Waals surface area contributed by atoms with Crippen molar-refractivity contribution in [2.45, 2.75) is 44.4 Å². The first kappa shape index (κ1) is 18.0. The van der Waals surface area contributed by atoms with Crippen LogP contribution in [-0.2, 0) is 16.0 Å². The van der Waals surface area contributed by atoms with Crippen LogP contribution in [0, 0.1) is 0 Å². The molecule has 2 aromatic rings. The van der Waals surface area contributed by atoms with Crippen molar-refractivity contribution in [3.63, 3.8) is 0 Å². The zero-order chi connectivity index (χ0) is 18.8. The number of carbonyl (C=O) groups excluding carboxylic acids is 2. The quantitative estimate of drug-likeness (QED) is 0.804. The highest BCUT2D eigenvalue weighted by molar-refractivity contribution is 7.10. The molecule has 27 heavy (non-hydrogen) atoms. The predicted molar refractivity (Wildman–Crippen MR) is 105 cm³/mol. The molecule has 4 rings (SSSR count). The maximum absolute atomic E-state index is 12.5. The Morgan fingerprint density at radius 2 is 1.89 bits per heavy atom. The normalized spacial score (nSPS) is 23.5. The largest absolute Gasteiger partial charge is 0.439 e. The Labute approximate surface area is 163 Å². The lowest BCUT2D eigenvalue weighted by Gasteiger charge is -2.37. The molecule has 2 aliphatic rings. The minimum Gasteiger partial charge on any atom is -0.439 e. The van der Waals surface area contributed by atoms with E-state index < -0.39 is 0 Å². The van der Waals surface area contributed by atoms with Crippen LogP contribution < -0.4 is 0 Å². The molecule has 0 aliphatic carbocycles. The van der Waals surface area contributed by atoms with Crippen LogP contribution in [0.3, 0.4) is 0 Å². The molecule has 2 aliphatic heterocycles. The van der Waals surface area contributed by atoms with Crippen LogP contribution in [0.1, 0.15) is 36.3 Å². The summed E-state index contributed by atoms with van der Waals surface area (Å²) in [5.41, 5.74) is 1.03. The highest BCUT2D eigenvalue weighted by Gasteiger charge is 2.44. The van der Waals surface area contributed by atoms with Gasteiger partial charge in [-0.1, -0.05) is 36.4 Å². The number of thiophene rings is 1. The minimum absolute atomic E-state index is 0.00160. The summed E-state index contributed by atoms with van der Waals surface area (Å²) in [7, 11) is 0. The van der Waals surface area contributed by atoms with Gasteiger partial charge in [0.05, 0.1) is 12.5 Å². The van der Waals surface area contributed by atoms with E-state index in [-0.39, 0.29) is 30.2 Å². The van der Waals surface area contributed by atoms with Crippen molar-refractivity contribution in [1.82, 2.24) is 9.80 Å². The van der Waals surface area contributed by atoms with E-state index >= 15 is 0 Å². The lowest BCUT2D eigenvalue weighted by atomic mass is 9.98. The number of ether oxygens (including phenoxy) is 1. The van der Waals surface area contributed by atoms with E-state index in [1.165, 1.54) is 0 Å². The van der Waals surface area contributed by atoms with Crippen LogP contribution in [0.15, 0.2) is 47.8 Å². The zero-order valence-electron chi connectivity index (χ0n) is 15.4. The molecule has 2 fully saturated rings. The fraction of sp³-hybridized carbons (Fsp3) is 0.429. The van der Waals surface area contributed by atoms with Crippen molar-refractivity contribution in [3.8, 4) is 0 Å². The molecule has 2 amide bonds.